The molecule has 28 heavy (non-hydrogen) atoms. The SMILES string of the molecule is CSc1nc(N2CCN(CCCCN3Cc4ccccc4C3)CC2)ncc1F. The Balaban J connectivity index is 1.16. The lowest BCUT2D eigenvalue weighted by atomic mass is 10.1. The van der Waals surface area contributed by atoms with Crippen molar-refractivity contribution in [2.75, 3.05) is 50.4 Å². The van der Waals surface area contributed by atoms with E-state index in [0.29, 0.717) is 11.0 Å². The molecule has 2 aliphatic rings. The minimum absolute atomic E-state index is 0.337. The van der Waals surface area contributed by atoms with E-state index in [9.17, 15) is 4.39 Å². The molecule has 0 bridgehead atoms. The first-order valence-electron chi connectivity index (χ1n) is 10.1. The van der Waals surface area contributed by atoms with Gasteiger partial charge in [0.25, 0.3) is 0 Å². The summed E-state index contributed by atoms with van der Waals surface area (Å²) in [4.78, 5) is 15.8. The molecule has 3 heterocycles. The Morgan fingerprint density at radius 1 is 0.964 bits per heavy atom. The van der Waals surface area contributed by atoms with E-state index >= 15 is 0 Å². The maximum absolute atomic E-state index is 13.6. The first-order valence-corrected chi connectivity index (χ1v) is 11.3. The Labute approximate surface area is 170 Å². The lowest BCUT2D eigenvalue weighted by Crippen LogP contribution is -2.47. The van der Waals surface area contributed by atoms with E-state index < -0.39 is 0 Å². The molecule has 4 rings (SSSR count). The summed E-state index contributed by atoms with van der Waals surface area (Å²) in [5.41, 5.74) is 2.98. The molecule has 0 radical (unpaired) electrons. The van der Waals surface area contributed by atoms with Gasteiger partial charge in [0.1, 0.15) is 5.03 Å². The molecule has 0 unspecified atom stereocenters. The number of piperazine rings is 1. The van der Waals surface area contributed by atoms with E-state index in [1.54, 1.807) is 0 Å². The van der Waals surface area contributed by atoms with E-state index in [2.05, 4.69) is 48.9 Å². The third-order valence-electron chi connectivity index (χ3n) is 5.65. The number of anilines is 1. The minimum atomic E-state index is -0.337. The molecule has 5 nitrogen and oxygen atoms in total. The van der Waals surface area contributed by atoms with Gasteiger partial charge in [0.2, 0.25) is 5.95 Å². The van der Waals surface area contributed by atoms with Gasteiger partial charge in [-0.2, -0.15) is 0 Å². The van der Waals surface area contributed by atoms with Crippen molar-refractivity contribution in [1.82, 2.24) is 19.8 Å². The molecule has 0 N–H and O–H groups in total. The van der Waals surface area contributed by atoms with Crippen LogP contribution in [0.5, 0.6) is 0 Å². The summed E-state index contributed by atoms with van der Waals surface area (Å²) >= 11 is 1.33. The molecule has 0 aliphatic carbocycles. The van der Waals surface area contributed by atoms with Crippen molar-refractivity contribution in [2.45, 2.75) is 31.0 Å². The van der Waals surface area contributed by atoms with Gasteiger partial charge in [0.05, 0.1) is 6.20 Å². The Morgan fingerprint density at radius 3 is 2.25 bits per heavy atom. The van der Waals surface area contributed by atoms with Crippen LogP contribution >= 0.6 is 11.8 Å². The second-order valence-corrected chi connectivity index (χ2v) is 8.34. The first kappa shape index (κ1) is 19.6. The maximum Gasteiger partial charge on any atom is 0.226 e. The Hall–Kier alpha value is -1.70. The molecule has 1 aromatic carbocycles. The number of rotatable bonds is 7. The number of hydrogen-bond acceptors (Lipinski definition) is 6. The van der Waals surface area contributed by atoms with Crippen molar-refractivity contribution in [1.29, 1.82) is 0 Å². The summed E-state index contributed by atoms with van der Waals surface area (Å²) < 4.78 is 13.6. The molecule has 150 valence electrons. The van der Waals surface area contributed by atoms with Gasteiger partial charge >= 0.3 is 0 Å². The van der Waals surface area contributed by atoms with Crippen molar-refractivity contribution < 1.29 is 4.39 Å². The van der Waals surface area contributed by atoms with Gasteiger partial charge in [-0.05, 0) is 43.3 Å². The molecule has 1 aromatic heterocycles. The van der Waals surface area contributed by atoms with Gasteiger partial charge in [0.15, 0.2) is 5.82 Å². The van der Waals surface area contributed by atoms with Gasteiger partial charge in [-0.1, -0.05) is 24.3 Å². The fourth-order valence-electron chi connectivity index (χ4n) is 4.04. The van der Waals surface area contributed by atoms with Crippen LogP contribution < -0.4 is 4.90 Å². The van der Waals surface area contributed by atoms with E-state index in [4.69, 9.17) is 0 Å². The average Bonchev–Trinajstić information content (AvgIpc) is 3.15. The smallest absolute Gasteiger partial charge is 0.226 e. The van der Waals surface area contributed by atoms with Crippen LogP contribution in [0.2, 0.25) is 0 Å². The van der Waals surface area contributed by atoms with Crippen LogP contribution in [0.15, 0.2) is 35.5 Å². The van der Waals surface area contributed by atoms with E-state index in [0.717, 1.165) is 45.8 Å². The molecule has 0 saturated carbocycles. The number of fused-ring (bicyclic) bond motifs is 1. The fraction of sp³-hybridized carbons (Fsp3) is 0.524. The van der Waals surface area contributed by atoms with E-state index in [-0.39, 0.29) is 5.82 Å². The van der Waals surface area contributed by atoms with Crippen LogP contribution in [0.4, 0.5) is 10.3 Å². The number of hydrogen-bond donors (Lipinski definition) is 0. The van der Waals surface area contributed by atoms with Crippen molar-refractivity contribution in [3.63, 3.8) is 0 Å². The monoisotopic (exact) mass is 401 g/mol. The number of aromatic nitrogens is 2. The minimum Gasteiger partial charge on any atom is -0.338 e. The molecular formula is C21H28FN5S. The van der Waals surface area contributed by atoms with Crippen LogP contribution in [0.1, 0.15) is 24.0 Å². The Bertz CT molecular complexity index is 769. The zero-order valence-corrected chi connectivity index (χ0v) is 17.3. The van der Waals surface area contributed by atoms with Crippen LogP contribution in [0.3, 0.4) is 0 Å². The number of halogens is 1. The number of benzene rings is 1. The molecule has 2 aromatic rings. The molecular weight excluding hydrogens is 373 g/mol. The molecule has 0 spiro atoms. The summed E-state index contributed by atoms with van der Waals surface area (Å²) in [5, 5.41) is 0.427. The second kappa shape index (κ2) is 9.20. The number of thioether (sulfide) groups is 1. The summed E-state index contributed by atoms with van der Waals surface area (Å²) in [7, 11) is 0. The fourth-order valence-corrected chi connectivity index (χ4v) is 4.46. The van der Waals surface area contributed by atoms with Crippen molar-refractivity contribution in [3.8, 4) is 0 Å². The summed E-state index contributed by atoms with van der Waals surface area (Å²) in [6, 6.07) is 8.78. The lowest BCUT2D eigenvalue weighted by Gasteiger charge is -2.34. The lowest BCUT2D eigenvalue weighted by molar-refractivity contribution is 0.234. The normalized spacial score (nSPS) is 17.9. The third-order valence-corrected chi connectivity index (χ3v) is 6.33. The highest BCUT2D eigenvalue weighted by Gasteiger charge is 2.20. The quantitative estimate of drug-likeness (QED) is 0.403. The van der Waals surface area contributed by atoms with Gasteiger partial charge in [-0.3, -0.25) is 9.80 Å². The highest BCUT2D eigenvalue weighted by atomic mass is 32.2. The van der Waals surface area contributed by atoms with E-state index in [1.807, 2.05) is 6.26 Å². The van der Waals surface area contributed by atoms with Gasteiger partial charge in [-0.25, -0.2) is 14.4 Å². The summed E-state index contributed by atoms with van der Waals surface area (Å²) in [5.74, 6) is 0.315. The summed E-state index contributed by atoms with van der Waals surface area (Å²) in [6.07, 6.45) is 5.61. The van der Waals surface area contributed by atoms with Crippen molar-refractivity contribution >= 4 is 17.7 Å². The zero-order valence-electron chi connectivity index (χ0n) is 16.5. The van der Waals surface area contributed by atoms with Gasteiger partial charge in [0, 0.05) is 39.3 Å². The largest absolute Gasteiger partial charge is 0.338 e. The molecule has 0 atom stereocenters. The predicted octanol–water partition coefficient (Wildman–Crippen LogP) is 3.26. The van der Waals surface area contributed by atoms with Crippen LogP contribution in [-0.2, 0) is 13.1 Å². The van der Waals surface area contributed by atoms with Crippen LogP contribution in [0, 0.1) is 5.82 Å². The predicted molar refractivity (Wildman–Crippen MR) is 112 cm³/mol. The Kier molecular flexibility index (Phi) is 6.44. The first-order chi connectivity index (χ1) is 13.7. The highest BCUT2D eigenvalue weighted by Crippen LogP contribution is 2.22. The average molecular weight is 402 g/mol. The van der Waals surface area contributed by atoms with Crippen LogP contribution in [0.25, 0.3) is 0 Å². The molecule has 1 fully saturated rings. The van der Waals surface area contributed by atoms with Gasteiger partial charge in [-0.15, -0.1) is 11.8 Å². The molecule has 2 aliphatic heterocycles. The maximum atomic E-state index is 13.6. The third kappa shape index (κ3) is 4.64. The highest BCUT2D eigenvalue weighted by molar-refractivity contribution is 7.98. The molecule has 0 amide bonds. The van der Waals surface area contributed by atoms with Crippen molar-refractivity contribution in [2.24, 2.45) is 0 Å². The van der Waals surface area contributed by atoms with Crippen molar-refractivity contribution in [3.05, 3.63) is 47.4 Å². The zero-order chi connectivity index (χ0) is 19.3. The summed E-state index contributed by atoms with van der Waals surface area (Å²) in [6.45, 7) is 8.37. The van der Waals surface area contributed by atoms with Gasteiger partial charge < -0.3 is 4.90 Å². The second-order valence-electron chi connectivity index (χ2n) is 7.54. The molecule has 1 saturated heterocycles. The number of nitrogens with zero attached hydrogens (tertiary/aromatic N) is 5. The Morgan fingerprint density at radius 2 is 1.61 bits per heavy atom. The number of unbranched alkanes of at least 4 members (excludes halogenated alkanes) is 1. The molecule has 7 heteroatoms. The van der Waals surface area contributed by atoms with Crippen LogP contribution in [-0.4, -0.2) is 65.3 Å². The standard InChI is InChI=1S/C21H28FN5S/c1-28-20-19(22)14-23-21(24-20)27-12-10-25(11-13-27)8-4-5-9-26-15-17-6-2-3-7-18(17)16-26/h2-3,6-7,14H,4-5,8-13,15-16H2,1H3. The van der Waals surface area contributed by atoms with E-state index in [1.165, 1.54) is 48.5 Å². The topological polar surface area (TPSA) is 35.5 Å².